The molecule has 0 radical (unpaired) electrons. The number of likely N-dealkylation sites (tertiary alicyclic amines) is 1. The monoisotopic (exact) mass is 425 g/mol. The van der Waals surface area contributed by atoms with Crippen LogP contribution in [0.1, 0.15) is 12.0 Å². The Balaban J connectivity index is 1.24. The molecule has 0 spiro atoms. The number of aryl methyl sites for hydroxylation is 2. The first-order valence-electron chi connectivity index (χ1n) is 11.1. The van der Waals surface area contributed by atoms with Crippen LogP contribution in [0.25, 0.3) is 22.3 Å². The van der Waals surface area contributed by atoms with Gasteiger partial charge in [-0.2, -0.15) is 0 Å². The van der Waals surface area contributed by atoms with Crippen molar-refractivity contribution in [2.24, 2.45) is 7.05 Å². The fourth-order valence-electron chi connectivity index (χ4n) is 5.21. The van der Waals surface area contributed by atoms with Gasteiger partial charge in [0.25, 0.3) is 0 Å². The summed E-state index contributed by atoms with van der Waals surface area (Å²) in [6.45, 7) is 4.48. The van der Waals surface area contributed by atoms with Crippen LogP contribution < -0.4 is 10.2 Å². The second kappa shape index (κ2) is 7.31. The number of imidazole rings is 1. The number of hydrogen-bond acceptors (Lipinski definition) is 6. The molecule has 0 saturated carbocycles. The highest BCUT2D eigenvalue weighted by molar-refractivity contribution is 5.81. The zero-order chi connectivity index (χ0) is 21.8. The Bertz CT molecular complexity index is 1310. The van der Waals surface area contributed by atoms with Gasteiger partial charge in [-0.25, -0.2) is 15.0 Å². The molecule has 2 aromatic heterocycles. The Hall–Kier alpha value is -3.45. The van der Waals surface area contributed by atoms with E-state index in [1.54, 1.807) is 6.20 Å². The highest BCUT2D eigenvalue weighted by Gasteiger charge is 2.41. The summed E-state index contributed by atoms with van der Waals surface area (Å²) in [5.74, 6) is 0.599. The lowest BCUT2D eigenvalue weighted by Gasteiger charge is -2.34. The average molecular weight is 426 g/mol. The number of nitrogens with zero attached hydrogens (tertiary/aromatic N) is 6. The smallest absolute Gasteiger partial charge is 0.227 e. The van der Waals surface area contributed by atoms with E-state index in [-0.39, 0.29) is 0 Å². The third-order valence-electron chi connectivity index (χ3n) is 6.95. The van der Waals surface area contributed by atoms with E-state index in [0.29, 0.717) is 18.0 Å². The van der Waals surface area contributed by atoms with Gasteiger partial charge in [-0.05, 0) is 62.4 Å². The van der Waals surface area contributed by atoms with Crippen molar-refractivity contribution in [1.29, 1.82) is 0 Å². The Morgan fingerprint density at radius 2 is 1.88 bits per heavy atom. The predicted molar refractivity (Wildman–Crippen MR) is 128 cm³/mol. The molecule has 2 atom stereocenters. The van der Waals surface area contributed by atoms with Crippen molar-refractivity contribution < 1.29 is 0 Å². The molecule has 4 heterocycles. The molecular weight excluding hydrogens is 398 g/mol. The Labute approximate surface area is 187 Å². The van der Waals surface area contributed by atoms with Gasteiger partial charge in [0.1, 0.15) is 0 Å². The van der Waals surface area contributed by atoms with Gasteiger partial charge in [0.2, 0.25) is 5.95 Å². The molecule has 2 aromatic carbocycles. The molecule has 6 rings (SSSR count). The third-order valence-corrected chi connectivity index (χ3v) is 6.95. The van der Waals surface area contributed by atoms with E-state index in [4.69, 9.17) is 4.98 Å². The summed E-state index contributed by atoms with van der Waals surface area (Å²) in [6.07, 6.45) is 4.91. The van der Waals surface area contributed by atoms with Gasteiger partial charge in [0.05, 0.1) is 23.1 Å². The van der Waals surface area contributed by atoms with Gasteiger partial charge < -0.3 is 14.8 Å². The molecule has 32 heavy (non-hydrogen) atoms. The molecule has 1 N–H and O–H groups in total. The van der Waals surface area contributed by atoms with Crippen molar-refractivity contribution >= 4 is 28.4 Å². The van der Waals surface area contributed by atoms with Crippen LogP contribution >= 0.6 is 0 Å². The minimum absolute atomic E-state index is 0.599. The first kappa shape index (κ1) is 19.3. The standard InChI is InChI=1S/C25H27N7/c1-16-10-18(5-7-23(16)32-14-19-12-20(32)13-30(19)2)28-25-26-9-8-21(29-25)17-4-6-22-24(11-17)31(3)15-27-22/h4-11,15,19-20H,12-14H2,1-3H3,(H,26,28,29). The third kappa shape index (κ3) is 3.20. The first-order valence-corrected chi connectivity index (χ1v) is 11.1. The molecule has 2 saturated heterocycles. The van der Waals surface area contributed by atoms with Crippen molar-refractivity contribution in [3.8, 4) is 11.3 Å². The van der Waals surface area contributed by atoms with E-state index in [1.165, 1.54) is 17.7 Å². The number of rotatable bonds is 4. The maximum Gasteiger partial charge on any atom is 0.227 e. The maximum atomic E-state index is 4.76. The minimum Gasteiger partial charge on any atom is -0.365 e. The summed E-state index contributed by atoms with van der Waals surface area (Å²) in [6, 6.07) is 16.0. The van der Waals surface area contributed by atoms with E-state index < -0.39 is 0 Å². The Morgan fingerprint density at radius 3 is 2.66 bits per heavy atom. The molecule has 0 amide bonds. The van der Waals surface area contributed by atoms with Crippen molar-refractivity contribution in [3.05, 3.63) is 60.6 Å². The molecule has 2 fully saturated rings. The van der Waals surface area contributed by atoms with Crippen molar-refractivity contribution in [3.63, 3.8) is 0 Å². The quantitative estimate of drug-likeness (QED) is 0.534. The molecule has 7 heteroatoms. The van der Waals surface area contributed by atoms with Crippen LogP contribution in [0.15, 0.2) is 55.0 Å². The fourth-order valence-corrected chi connectivity index (χ4v) is 5.21. The van der Waals surface area contributed by atoms with E-state index >= 15 is 0 Å². The number of anilines is 3. The summed E-state index contributed by atoms with van der Waals surface area (Å²) in [7, 11) is 4.24. The lowest BCUT2D eigenvalue weighted by molar-refractivity contribution is 0.292. The SMILES string of the molecule is Cc1cc(Nc2nccc(-c3ccc4ncn(C)c4c3)n2)ccc1N1CC2CC1CN2C. The van der Waals surface area contributed by atoms with Crippen molar-refractivity contribution in [2.45, 2.75) is 25.4 Å². The Kier molecular flexibility index (Phi) is 4.40. The molecule has 2 aliphatic heterocycles. The van der Waals surface area contributed by atoms with E-state index in [9.17, 15) is 0 Å². The summed E-state index contributed by atoms with van der Waals surface area (Å²) in [4.78, 5) is 18.7. The number of benzene rings is 2. The van der Waals surface area contributed by atoms with Crippen LogP contribution in [0.3, 0.4) is 0 Å². The molecule has 2 aliphatic rings. The minimum atomic E-state index is 0.599. The van der Waals surface area contributed by atoms with Crippen LogP contribution in [0.5, 0.6) is 0 Å². The van der Waals surface area contributed by atoms with Crippen molar-refractivity contribution in [1.82, 2.24) is 24.4 Å². The summed E-state index contributed by atoms with van der Waals surface area (Å²) < 4.78 is 2.02. The zero-order valence-electron chi connectivity index (χ0n) is 18.7. The van der Waals surface area contributed by atoms with Crippen LogP contribution in [0, 0.1) is 6.92 Å². The lowest BCUT2D eigenvalue weighted by Crippen LogP contribution is -2.44. The first-order chi connectivity index (χ1) is 15.5. The van der Waals surface area contributed by atoms with Crippen molar-refractivity contribution in [2.75, 3.05) is 30.4 Å². The molecule has 0 aliphatic carbocycles. The summed E-state index contributed by atoms with van der Waals surface area (Å²) in [5.41, 5.74) is 7.63. The number of fused-ring (bicyclic) bond motifs is 3. The molecule has 2 bridgehead atoms. The van der Waals surface area contributed by atoms with Crippen LogP contribution in [-0.4, -0.2) is 56.6 Å². The largest absolute Gasteiger partial charge is 0.365 e. The number of hydrogen-bond donors (Lipinski definition) is 1. The summed E-state index contributed by atoms with van der Waals surface area (Å²) in [5, 5.41) is 3.39. The van der Waals surface area contributed by atoms with Gasteiger partial charge in [-0.3, -0.25) is 4.90 Å². The van der Waals surface area contributed by atoms with Crippen LogP contribution in [0.2, 0.25) is 0 Å². The van der Waals surface area contributed by atoms with E-state index in [2.05, 4.69) is 69.4 Å². The molecule has 4 aromatic rings. The molecule has 162 valence electrons. The highest BCUT2D eigenvalue weighted by atomic mass is 15.3. The van der Waals surface area contributed by atoms with E-state index in [1.807, 2.05) is 30.1 Å². The summed E-state index contributed by atoms with van der Waals surface area (Å²) >= 11 is 0. The van der Waals surface area contributed by atoms with Gasteiger partial charge >= 0.3 is 0 Å². The predicted octanol–water partition coefficient (Wildman–Crippen LogP) is 3.98. The topological polar surface area (TPSA) is 62.1 Å². The Morgan fingerprint density at radius 1 is 0.969 bits per heavy atom. The average Bonchev–Trinajstić information content (AvgIpc) is 3.48. The second-order valence-corrected chi connectivity index (χ2v) is 9.09. The maximum absolute atomic E-state index is 4.76. The van der Waals surface area contributed by atoms with Gasteiger partial charge in [-0.15, -0.1) is 0 Å². The second-order valence-electron chi connectivity index (χ2n) is 9.09. The van der Waals surface area contributed by atoms with Crippen LogP contribution in [0.4, 0.5) is 17.3 Å². The number of likely N-dealkylation sites (N-methyl/N-ethyl adjacent to an activating group) is 1. The van der Waals surface area contributed by atoms with Gasteiger partial charge in [0.15, 0.2) is 0 Å². The number of aromatic nitrogens is 4. The zero-order valence-corrected chi connectivity index (χ0v) is 18.7. The highest BCUT2D eigenvalue weighted by Crippen LogP contribution is 2.36. The van der Waals surface area contributed by atoms with Gasteiger partial charge in [-0.1, -0.05) is 6.07 Å². The van der Waals surface area contributed by atoms with E-state index in [0.717, 1.165) is 41.1 Å². The molecule has 2 unspecified atom stereocenters. The van der Waals surface area contributed by atoms with Crippen LogP contribution in [-0.2, 0) is 7.05 Å². The normalized spacial score (nSPS) is 20.4. The van der Waals surface area contributed by atoms with Gasteiger partial charge in [0, 0.05) is 55.4 Å². The number of piperazine rings is 1. The number of nitrogens with one attached hydrogen (secondary N) is 1. The lowest BCUT2D eigenvalue weighted by atomic mass is 10.1. The molecule has 7 nitrogen and oxygen atoms in total. The molecular formula is C25H27N7. The fraction of sp³-hybridized carbons (Fsp3) is 0.320.